The Morgan fingerprint density at radius 3 is 2.81 bits per heavy atom. The highest BCUT2D eigenvalue weighted by Gasteiger charge is 2.52. The zero-order chi connectivity index (χ0) is 15.0. The lowest BCUT2D eigenvalue weighted by Gasteiger charge is -2.40. The van der Waals surface area contributed by atoms with E-state index >= 15 is 0 Å². The topological polar surface area (TPSA) is 72.0 Å². The summed E-state index contributed by atoms with van der Waals surface area (Å²) < 4.78 is 11.0. The minimum absolute atomic E-state index is 0.336. The Labute approximate surface area is 122 Å². The van der Waals surface area contributed by atoms with Crippen molar-refractivity contribution in [2.45, 2.75) is 12.5 Å². The van der Waals surface area contributed by atoms with Crippen LogP contribution in [0.15, 0.2) is 18.3 Å². The maximum Gasteiger partial charge on any atom is 0.281 e. The van der Waals surface area contributed by atoms with Gasteiger partial charge in [0.1, 0.15) is 0 Å². The number of carbonyl (C=O) groups is 2. The number of pyridine rings is 1. The fraction of sp³-hybridized carbons (Fsp3) is 0.500. The van der Waals surface area contributed by atoms with Crippen LogP contribution in [0.1, 0.15) is 6.92 Å². The van der Waals surface area contributed by atoms with Gasteiger partial charge < -0.3 is 14.4 Å². The van der Waals surface area contributed by atoms with E-state index in [1.807, 2.05) is 0 Å². The van der Waals surface area contributed by atoms with Crippen molar-refractivity contribution in [1.29, 1.82) is 0 Å². The third kappa shape index (κ3) is 2.13. The van der Waals surface area contributed by atoms with Crippen molar-refractivity contribution in [3.05, 3.63) is 18.3 Å². The first-order valence-corrected chi connectivity index (χ1v) is 6.83. The molecule has 0 radical (unpaired) electrons. The quantitative estimate of drug-likeness (QED) is 0.684. The molecule has 21 heavy (non-hydrogen) atoms. The molecule has 0 unspecified atom stereocenters. The van der Waals surface area contributed by atoms with Crippen molar-refractivity contribution in [3.8, 4) is 5.75 Å². The second-order valence-electron chi connectivity index (χ2n) is 5.23. The number of anilines is 1. The zero-order valence-corrected chi connectivity index (χ0v) is 12.0. The highest BCUT2D eigenvalue weighted by Crippen LogP contribution is 2.35. The van der Waals surface area contributed by atoms with Gasteiger partial charge in [0.25, 0.3) is 17.4 Å². The van der Waals surface area contributed by atoms with Crippen molar-refractivity contribution in [3.63, 3.8) is 0 Å². The molecular formula is C14H17N3O4. The van der Waals surface area contributed by atoms with E-state index in [9.17, 15) is 9.59 Å². The van der Waals surface area contributed by atoms with Crippen molar-refractivity contribution >= 4 is 17.6 Å². The molecule has 0 saturated carbocycles. The van der Waals surface area contributed by atoms with Gasteiger partial charge in [-0.1, -0.05) is 0 Å². The average Bonchev–Trinajstić information content (AvgIpc) is 2.53. The predicted octanol–water partition coefficient (Wildman–Crippen LogP) is 0.0543. The van der Waals surface area contributed by atoms with Gasteiger partial charge in [0, 0.05) is 26.3 Å². The smallest absolute Gasteiger partial charge is 0.281 e. The molecule has 3 rings (SSSR count). The lowest BCUT2D eigenvalue weighted by molar-refractivity contribution is -0.158. The minimum atomic E-state index is -1.55. The standard InChI is InChI=1S/C14H17N3O4/c1-14(13(19)17-6-8-20-9-7-17)12(18)16(2)11-10(21-14)4-3-5-15-11/h3-5H,6-9H2,1-2H3/t14-/m1/s1. The van der Waals surface area contributed by atoms with Crippen molar-refractivity contribution in [2.75, 3.05) is 38.3 Å². The molecule has 0 aromatic carbocycles. The second kappa shape index (κ2) is 5.00. The van der Waals surface area contributed by atoms with E-state index in [4.69, 9.17) is 9.47 Å². The number of carbonyl (C=O) groups excluding carboxylic acids is 2. The molecule has 2 amide bonds. The molecule has 0 spiro atoms. The Kier molecular flexibility index (Phi) is 3.29. The molecule has 0 N–H and O–H groups in total. The molecular weight excluding hydrogens is 274 g/mol. The molecule has 2 aliphatic heterocycles. The van der Waals surface area contributed by atoms with Crippen LogP contribution in [0, 0.1) is 0 Å². The maximum absolute atomic E-state index is 12.7. The number of likely N-dealkylation sites (N-methyl/N-ethyl adjacent to an activating group) is 1. The molecule has 1 saturated heterocycles. The number of hydrogen-bond acceptors (Lipinski definition) is 5. The monoisotopic (exact) mass is 291 g/mol. The van der Waals surface area contributed by atoms with Crippen LogP contribution in [-0.2, 0) is 14.3 Å². The lowest BCUT2D eigenvalue weighted by atomic mass is 10.0. The summed E-state index contributed by atoms with van der Waals surface area (Å²) in [4.78, 5) is 32.4. The van der Waals surface area contributed by atoms with Gasteiger partial charge in [0.15, 0.2) is 11.6 Å². The van der Waals surface area contributed by atoms with E-state index < -0.39 is 11.5 Å². The SMILES string of the molecule is CN1C(=O)[C@](C)(C(=O)N2CCOCC2)Oc2cccnc21. The number of hydrogen-bond donors (Lipinski definition) is 0. The molecule has 2 aliphatic rings. The Morgan fingerprint density at radius 2 is 2.10 bits per heavy atom. The molecule has 0 aliphatic carbocycles. The van der Waals surface area contributed by atoms with Crippen molar-refractivity contribution < 1.29 is 19.1 Å². The van der Waals surface area contributed by atoms with E-state index in [0.717, 1.165) is 0 Å². The van der Waals surface area contributed by atoms with Crippen LogP contribution < -0.4 is 9.64 Å². The van der Waals surface area contributed by atoms with Crippen molar-refractivity contribution in [2.24, 2.45) is 0 Å². The third-order valence-electron chi connectivity index (χ3n) is 3.80. The average molecular weight is 291 g/mol. The largest absolute Gasteiger partial charge is 0.464 e. The van der Waals surface area contributed by atoms with Crippen LogP contribution in [0.5, 0.6) is 5.75 Å². The summed E-state index contributed by atoms with van der Waals surface area (Å²) >= 11 is 0. The first-order valence-electron chi connectivity index (χ1n) is 6.83. The van der Waals surface area contributed by atoms with Crippen LogP contribution in [0.3, 0.4) is 0 Å². The molecule has 7 heteroatoms. The van der Waals surface area contributed by atoms with E-state index in [2.05, 4.69) is 4.98 Å². The highest BCUT2D eigenvalue weighted by molar-refractivity contribution is 6.15. The molecule has 7 nitrogen and oxygen atoms in total. The Balaban J connectivity index is 1.94. The molecule has 1 atom stereocenters. The summed E-state index contributed by atoms with van der Waals surface area (Å²) in [6.07, 6.45) is 1.58. The summed E-state index contributed by atoms with van der Waals surface area (Å²) in [7, 11) is 1.60. The lowest BCUT2D eigenvalue weighted by Crippen LogP contribution is -2.63. The molecule has 0 bridgehead atoms. The second-order valence-corrected chi connectivity index (χ2v) is 5.23. The normalized spacial score (nSPS) is 25.3. The van der Waals surface area contributed by atoms with E-state index in [0.29, 0.717) is 37.9 Å². The van der Waals surface area contributed by atoms with Crippen LogP contribution in [0.25, 0.3) is 0 Å². The first-order chi connectivity index (χ1) is 10.0. The first kappa shape index (κ1) is 13.8. The van der Waals surface area contributed by atoms with Gasteiger partial charge in [-0.2, -0.15) is 0 Å². The number of fused-ring (bicyclic) bond motifs is 1. The fourth-order valence-electron chi connectivity index (χ4n) is 2.60. The van der Waals surface area contributed by atoms with Gasteiger partial charge in [-0.05, 0) is 19.1 Å². The van der Waals surface area contributed by atoms with Gasteiger partial charge in [-0.15, -0.1) is 0 Å². The summed E-state index contributed by atoms with van der Waals surface area (Å²) in [6.45, 7) is 3.40. The number of rotatable bonds is 1. The van der Waals surface area contributed by atoms with E-state index in [-0.39, 0.29) is 5.91 Å². The molecule has 1 fully saturated rings. The molecule has 1 aromatic heterocycles. The Bertz CT molecular complexity index is 585. The number of amides is 2. The van der Waals surface area contributed by atoms with Gasteiger partial charge in [-0.3, -0.25) is 14.5 Å². The Morgan fingerprint density at radius 1 is 1.38 bits per heavy atom. The summed E-state index contributed by atoms with van der Waals surface area (Å²) in [5.41, 5.74) is -1.55. The summed E-state index contributed by atoms with van der Waals surface area (Å²) in [6, 6.07) is 3.41. The zero-order valence-electron chi connectivity index (χ0n) is 12.0. The number of aromatic nitrogens is 1. The number of ether oxygens (including phenoxy) is 2. The maximum atomic E-state index is 12.7. The molecule has 1 aromatic rings. The van der Waals surface area contributed by atoms with Gasteiger partial charge in [0.2, 0.25) is 0 Å². The summed E-state index contributed by atoms with van der Waals surface area (Å²) in [5.74, 6) is 0.112. The van der Waals surface area contributed by atoms with Crippen LogP contribution in [0.4, 0.5) is 5.82 Å². The molecule has 112 valence electrons. The Hall–Kier alpha value is -2.15. The predicted molar refractivity (Wildman–Crippen MR) is 74.1 cm³/mol. The van der Waals surface area contributed by atoms with E-state index in [1.54, 1.807) is 30.3 Å². The van der Waals surface area contributed by atoms with Gasteiger partial charge >= 0.3 is 0 Å². The third-order valence-corrected chi connectivity index (χ3v) is 3.80. The van der Waals surface area contributed by atoms with Crippen molar-refractivity contribution in [1.82, 2.24) is 9.88 Å². The number of nitrogens with zero attached hydrogens (tertiary/aromatic N) is 3. The van der Waals surface area contributed by atoms with Gasteiger partial charge in [0.05, 0.1) is 13.2 Å². The van der Waals surface area contributed by atoms with E-state index in [1.165, 1.54) is 11.8 Å². The number of morpholine rings is 1. The highest BCUT2D eigenvalue weighted by atomic mass is 16.5. The summed E-state index contributed by atoms with van der Waals surface area (Å²) in [5, 5.41) is 0. The van der Waals surface area contributed by atoms with Crippen LogP contribution in [-0.4, -0.2) is 60.7 Å². The van der Waals surface area contributed by atoms with Gasteiger partial charge in [-0.25, -0.2) is 4.98 Å². The minimum Gasteiger partial charge on any atom is -0.464 e. The van der Waals surface area contributed by atoms with Crippen LogP contribution in [0.2, 0.25) is 0 Å². The molecule has 3 heterocycles. The fourth-order valence-corrected chi connectivity index (χ4v) is 2.60. The van der Waals surface area contributed by atoms with Crippen LogP contribution >= 0.6 is 0 Å².